The SMILES string of the molecule is Cc1ccc(C(Br)c2ccc3c(c2)CCCC3)s1. The first-order valence-electron chi connectivity index (χ1n) is 6.56. The molecule has 0 bridgehead atoms. The van der Waals surface area contributed by atoms with Crippen LogP contribution in [0.5, 0.6) is 0 Å². The molecule has 3 rings (SSSR count). The first kappa shape index (κ1) is 12.4. The third-order valence-electron chi connectivity index (χ3n) is 3.68. The predicted molar refractivity (Wildman–Crippen MR) is 82.9 cm³/mol. The van der Waals surface area contributed by atoms with Gasteiger partial charge < -0.3 is 0 Å². The highest BCUT2D eigenvalue weighted by Gasteiger charge is 2.15. The van der Waals surface area contributed by atoms with Gasteiger partial charge in [-0.2, -0.15) is 0 Å². The Bertz CT molecular complexity index is 556. The molecular weight excluding hydrogens is 304 g/mol. The standard InChI is InChI=1S/C16H17BrS/c1-11-6-9-15(18-11)16(17)14-8-7-12-4-2-3-5-13(12)10-14/h6-10,16H,2-5H2,1H3. The molecule has 2 aromatic rings. The van der Waals surface area contributed by atoms with Crippen LogP contribution < -0.4 is 0 Å². The van der Waals surface area contributed by atoms with Gasteiger partial charge in [-0.1, -0.05) is 34.1 Å². The Morgan fingerprint density at radius 3 is 2.56 bits per heavy atom. The summed E-state index contributed by atoms with van der Waals surface area (Å²) in [5, 5.41) is 0. The zero-order valence-corrected chi connectivity index (χ0v) is 13.0. The predicted octanol–water partition coefficient (Wildman–Crippen LogP) is 5.42. The van der Waals surface area contributed by atoms with Gasteiger partial charge in [0.15, 0.2) is 0 Å². The Hall–Kier alpha value is -0.600. The second-order valence-corrected chi connectivity index (χ2v) is 7.28. The number of hydrogen-bond donors (Lipinski definition) is 0. The maximum absolute atomic E-state index is 3.85. The van der Waals surface area contributed by atoms with Crippen molar-refractivity contribution in [3.8, 4) is 0 Å². The van der Waals surface area contributed by atoms with E-state index in [1.807, 2.05) is 11.3 Å². The van der Waals surface area contributed by atoms with Crippen molar-refractivity contribution in [1.82, 2.24) is 0 Å². The van der Waals surface area contributed by atoms with E-state index < -0.39 is 0 Å². The average Bonchev–Trinajstić information content (AvgIpc) is 2.84. The lowest BCUT2D eigenvalue weighted by atomic mass is 9.90. The Labute approximate surface area is 121 Å². The monoisotopic (exact) mass is 320 g/mol. The highest BCUT2D eigenvalue weighted by Crippen LogP contribution is 2.36. The smallest absolute Gasteiger partial charge is 0.0738 e. The van der Waals surface area contributed by atoms with E-state index in [1.165, 1.54) is 41.0 Å². The van der Waals surface area contributed by atoms with Crippen LogP contribution >= 0.6 is 27.3 Å². The lowest BCUT2D eigenvalue weighted by molar-refractivity contribution is 0.684. The summed E-state index contributed by atoms with van der Waals surface area (Å²) in [4.78, 5) is 3.14. The molecule has 18 heavy (non-hydrogen) atoms. The normalized spacial score (nSPS) is 16.3. The molecule has 0 radical (unpaired) electrons. The number of aryl methyl sites for hydroxylation is 3. The van der Waals surface area contributed by atoms with E-state index >= 15 is 0 Å². The summed E-state index contributed by atoms with van der Waals surface area (Å²) in [5.41, 5.74) is 4.53. The minimum atomic E-state index is 0.350. The van der Waals surface area contributed by atoms with Crippen LogP contribution in [-0.2, 0) is 12.8 Å². The van der Waals surface area contributed by atoms with Gasteiger partial charge in [0.25, 0.3) is 0 Å². The van der Waals surface area contributed by atoms with Crippen molar-refractivity contribution in [3.05, 3.63) is 56.8 Å². The molecule has 1 heterocycles. The second kappa shape index (κ2) is 5.18. The highest BCUT2D eigenvalue weighted by atomic mass is 79.9. The van der Waals surface area contributed by atoms with Crippen molar-refractivity contribution >= 4 is 27.3 Å². The summed E-state index contributed by atoms with van der Waals surface area (Å²) in [5.74, 6) is 0. The van der Waals surface area contributed by atoms with Crippen LogP contribution in [0.3, 0.4) is 0 Å². The van der Waals surface area contributed by atoms with Crippen molar-refractivity contribution in [1.29, 1.82) is 0 Å². The van der Waals surface area contributed by atoms with Crippen molar-refractivity contribution < 1.29 is 0 Å². The first-order chi connectivity index (χ1) is 8.74. The molecule has 0 saturated carbocycles. The maximum Gasteiger partial charge on any atom is 0.0738 e. The lowest BCUT2D eigenvalue weighted by Gasteiger charge is -2.18. The van der Waals surface area contributed by atoms with Gasteiger partial charge in [0.1, 0.15) is 0 Å². The van der Waals surface area contributed by atoms with Crippen LogP contribution in [0, 0.1) is 6.92 Å². The number of hydrogen-bond acceptors (Lipinski definition) is 1. The van der Waals surface area contributed by atoms with Crippen LogP contribution in [0.1, 0.15) is 44.1 Å². The molecule has 0 fully saturated rings. The van der Waals surface area contributed by atoms with Crippen LogP contribution in [0.25, 0.3) is 0 Å². The molecule has 0 aliphatic heterocycles. The zero-order valence-electron chi connectivity index (χ0n) is 10.6. The van der Waals surface area contributed by atoms with Gasteiger partial charge in [0.2, 0.25) is 0 Å². The molecule has 0 nitrogen and oxygen atoms in total. The summed E-state index contributed by atoms with van der Waals surface area (Å²) in [6.07, 6.45) is 5.22. The highest BCUT2D eigenvalue weighted by molar-refractivity contribution is 9.09. The first-order valence-corrected chi connectivity index (χ1v) is 8.29. The summed E-state index contributed by atoms with van der Waals surface area (Å²) in [6.45, 7) is 2.17. The van der Waals surface area contributed by atoms with Crippen LogP contribution in [-0.4, -0.2) is 0 Å². The largest absolute Gasteiger partial charge is 0.144 e. The Kier molecular flexibility index (Phi) is 3.58. The van der Waals surface area contributed by atoms with Crippen molar-refractivity contribution in [2.24, 2.45) is 0 Å². The van der Waals surface area contributed by atoms with Crippen LogP contribution in [0.15, 0.2) is 30.3 Å². The number of halogens is 1. The third-order valence-corrected chi connectivity index (χ3v) is 6.07. The van der Waals surface area contributed by atoms with E-state index in [0.29, 0.717) is 4.83 Å². The molecule has 0 amide bonds. The summed E-state index contributed by atoms with van der Waals surface area (Å²) >= 11 is 5.73. The van der Waals surface area contributed by atoms with Gasteiger partial charge in [-0.3, -0.25) is 0 Å². The van der Waals surface area contributed by atoms with E-state index in [0.717, 1.165) is 0 Å². The minimum Gasteiger partial charge on any atom is -0.144 e. The lowest BCUT2D eigenvalue weighted by Crippen LogP contribution is -2.03. The number of rotatable bonds is 2. The molecular formula is C16H17BrS. The van der Waals surface area contributed by atoms with Gasteiger partial charge in [0, 0.05) is 9.75 Å². The molecule has 94 valence electrons. The van der Waals surface area contributed by atoms with Gasteiger partial charge in [-0.15, -0.1) is 11.3 Å². The average molecular weight is 321 g/mol. The van der Waals surface area contributed by atoms with Crippen molar-refractivity contribution in [2.75, 3.05) is 0 Å². The molecule has 2 heteroatoms. The molecule has 0 spiro atoms. The fraction of sp³-hybridized carbons (Fsp3) is 0.375. The van der Waals surface area contributed by atoms with Gasteiger partial charge in [-0.05, 0) is 61.4 Å². The molecule has 1 aliphatic carbocycles. The van der Waals surface area contributed by atoms with Crippen LogP contribution in [0.4, 0.5) is 0 Å². The summed E-state index contributed by atoms with van der Waals surface area (Å²) < 4.78 is 0. The molecule has 1 aliphatic rings. The van der Waals surface area contributed by atoms with E-state index in [-0.39, 0.29) is 0 Å². The summed E-state index contributed by atoms with van der Waals surface area (Å²) in [6, 6.07) is 11.5. The van der Waals surface area contributed by atoms with Crippen molar-refractivity contribution in [3.63, 3.8) is 0 Å². The van der Waals surface area contributed by atoms with Crippen molar-refractivity contribution in [2.45, 2.75) is 37.4 Å². The zero-order chi connectivity index (χ0) is 12.5. The molecule has 1 atom stereocenters. The quantitative estimate of drug-likeness (QED) is 0.648. The van der Waals surface area contributed by atoms with Crippen LogP contribution in [0.2, 0.25) is 0 Å². The van der Waals surface area contributed by atoms with E-state index in [9.17, 15) is 0 Å². The number of benzene rings is 1. The Morgan fingerprint density at radius 1 is 1.06 bits per heavy atom. The molecule has 0 saturated heterocycles. The fourth-order valence-corrected chi connectivity index (χ4v) is 4.27. The Morgan fingerprint density at radius 2 is 1.83 bits per heavy atom. The molecule has 1 unspecified atom stereocenters. The minimum absolute atomic E-state index is 0.350. The Balaban J connectivity index is 1.92. The maximum atomic E-state index is 3.85. The fourth-order valence-electron chi connectivity index (χ4n) is 2.66. The van der Waals surface area contributed by atoms with E-state index in [4.69, 9.17) is 0 Å². The number of thiophene rings is 1. The van der Waals surface area contributed by atoms with Gasteiger partial charge >= 0.3 is 0 Å². The van der Waals surface area contributed by atoms with E-state index in [1.54, 1.807) is 11.1 Å². The number of alkyl halides is 1. The molecule has 1 aromatic heterocycles. The topological polar surface area (TPSA) is 0 Å². The van der Waals surface area contributed by atoms with E-state index in [2.05, 4.69) is 53.2 Å². The molecule has 0 N–H and O–H groups in total. The number of fused-ring (bicyclic) bond motifs is 1. The second-order valence-electron chi connectivity index (χ2n) is 5.05. The molecule has 1 aromatic carbocycles. The summed E-state index contributed by atoms with van der Waals surface area (Å²) in [7, 11) is 0. The third kappa shape index (κ3) is 2.41. The van der Waals surface area contributed by atoms with Gasteiger partial charge in [-0.25, -0.2) is 0 Å². The van der Waals surface area contributed by atoms with Gasteiger partial charge in [0.05, 0.1) is 4.83 Å².